The molecule has 1 aromatic heterocycles. The molecule has 3 aliphatic rings. The first-order valence-electron chi connectivity index (χ1n) is 11.8. The number of aryl methyl sites for hydroxylation is 1. The summed E-state index contributed by atoms with van der Waals surface area (Å²) in [5.74, 6) is 1.02. The molecule has 0 N–H and O–H groups in total. The fourth-order valence-electron chi connectivity index (χ4n) is 5.45. The molecule has 0 spiro atoms. The van der Waals surface area contributed by atoms with Gasteiger partial charge in [0, 0.05) is 24.2 Å². The average Bonchev–Trinajstić information content (AvgIpc) is 3.21. The number of nitrogens with zero attached hydrogens (tertiary/aromatic N) is 4. The Kier molecular flexibility index (Phi) is 5.85. The van der Waals surface area contributed by atoms with Crippen LogP contribution in [0, 0.1) is 6.92 Å². The number of benzene rings is 1. The molecule has 1 saturated carbocycles. The molecule has 1 aromatic carbocycles. The summed E-state index contributed by atoms with van der Waals surface area (Å²) < 4.78 is 53.9. The molecule has 184 valence electrons. The van der Waals surface area contributed by atoms with Gasteiger partial charge in [0.15, 0.2) is 5.82 Å². The number of amides is 1. The van der Waals surface area contributed by atoms with Gasteiger partial charge in [-0.05, 0) is 37.5 Å². The molecule has 1 amide bonds. The molecule has 0 bridgehead atoms. The summed E-state index contributed by atoms with van der Waals surface area (Å²) in [5, 5.41) is 5.00. The number of aromatic nitrogens is 2. The van der Waals surface area contributed by atoms with Gasteiger partial charge in [-0.3, -0.25) is 4.68 Å². The highest BCUT2D eigenvalue weighted by Gasteiger charge is 2.37. The van der Waals surface area contributed by atoms with E-state index in [9.17, 15) is 18.0 Å². The monoisotopic (exact) mass is 478 g/mol. The van der Waals surface area contributed by atoms with Crippen molar-refractivity contribution in [1.82, 2.24) is 14.7 Å². The van der Waals surface area contributed by atoms with Crippen LogP contribution < -0.4 is 9.64 Å². The Morgan fingerprint density at radius 3 is 2.65 bits per heavy atom. The summed E-state index contributed by atoms with van der Waals surface area (Å²) in [6, 6.07) is 2.89. The first kappa shape index (κ1) is 22.9. The number of rotatable bonds is 2. The smallest absolute Gasteiger partial charge is 0.416 e. The number of methoxy groups -OCH3 is 1. The average molecular weight is 479 g/mol. The van der Waals surface area contributed by atoms with Crippen molar-refractivity contribution in [2.24, 2.45) is 0 Å². The lowest BCUT2D eigenvalue weighted by Gasteiger charge is -2.33. The summed E-state index contributed by atoms with van der Waals surface area (Å²) in [6.07, 6.45) is 1.29. The third kappa shape index (κ3) is 3.96. The maximum Gasteiger partial charge on any atom is 0.416 e. The maximum absolute atomic E-state index is 13.7. The maximum atomic E-state index is 13.7. The van der Waals surface area contributed by atoms with Crippen LogP contribution in [0.2, 0.25) is 0 Å². The SMILES string of the molecule is COC(=O)N1CCc2c(c(N3CCOc4cc(C)c(C(F)(F)F)cc43)nn2C2CCCCC2)C1. The van der Waals surface area contributed by atoms with Crippen LogP contribution in [-0.2, 0) is 23.9 Å². The zero-order chi connectivity index (χ0) is 24.0. The van der Waals surface area contributed by atoms with E-state index in [0.717, 1.165) is 43.0 Å². The van der Waals surface area contributed by atoms with Gasteiger partial charge in [0.25, 0.3) is 0 Å². The topological polar surface area (TPSA) is 59.8 Å². The van der Waals surface area contributed by atoms with Crippen molar-refractivity contribution in [3.63, 3.8) is 0 Å². The largest absolute Gasteiger partial charge is 0.490 e. The lowest BCUT2D eigenvalue weighted by atomic mass is 9.95. The number of hydrogen-bond donors (Lipinski definition) is 0. The summed E-state index contributed by atoms with van der Waals surface area (Å²) >= 11 is 0. The summed E-state index contributed by atoms with van der Waals surface area (Å²) in [7, 11) is 1.35. The van der Waals surface area contributed by atoms with Gasteiger partial charge in [0.1, 0.15) is 12.4 Å². The standard InChI is InChI=1S/C24H29F3N4O3/c1-15-12-21-20(13-18(15)24(25,26)27)30(10-11-34-21)22-17-14-29(23(32)33-2)9-8-19(17)31(28-22)16-6-4-3-5-7-16/h12-13,16H,3-11,14H2,1-2H3. The van der Waals surface area contributed by atoms with E-state index in [1.165, 1.54) is 26.5 Å². The molecular weight excluding hydrogens is 449 g/mol. The van der Waals surface area contributed by atoms with Crippen molar-refractivity contribution in [3.05, 3.63) is 34.5 Å². The van der Waals surface area contributed by atoms with E-state index in [4.69, 9.17) is 14.6 Å². The van der Waals surface area contributed by atoms with Gasteiger partial charge in [0.2, 0.25) is 0 Å². The van der Waals surface area contributed by atoms with Crippen LogP contribution in [0.4, 0.5) is 29.5 Å². The van der Waals surface area contributed by atoms with Gasteiger partial charge >= 0.3 is 12.3 Å². The Bertz CT molecular complexity index is 1090. The van der Waals surface area contributed by atoms with E-state index < -0.39 is 17.8 Å². The second-order valence-corrected chi connectivity index (χ2v) is 9.26. The van der Waals surface area contributed by atoms with Gasteiger partial charge in [-0.2, -0.15) is 18.3 Å². The van der Waals surface area contributed by atoms with Crippen LogP contribution in [0.5, 0.6) is 5.75 Å². The number of anilines is 2. The number of ether oxygens (including phenoxy) is 2. The Morgan fingerprint density at radius 1 is 1.18 bits per heavy atom. The predicted octanol–water partition coefficient (Wildman–Crippen LogP) is 5.37. The van der Waals surface area contributed by atoms with Gasteiger partial charge < -0.3 is 19.3 Å². The van der Waals surface area contributed by atoms with Crippen LogP contribution in [0.25, 0.3) is 0 Å². The van der Waals surface area contributed by atoms with Crippen LogP contribution >= 0.6 is 0 Å². The van der Waals surface area contributed by atoms with Gasteiger partial charge in [-0.1, -0.05) is 19.3 Å². The second-order valence-electron chi connectivity index (χ2n) is 9.26. The zero-order valence-corrected chi connectivity index (χ0v) is 19.5. The number of fused-ring (bicyclic) bond motifs is 2. The molecule has 2 aromatic rings. The van der Waals surface area contributed by atoms with Crippen LogP contribution in [-0.4, -0.2) is 47.6 Å². The number of carbonyl (C=O) groups is 1. The van der Waals surface area contributed by atoms with Crippen molar-refractivity contribution in [1.29, 1.82) is 0 Å². The first-order valence-corrected chi connectivity index (χ1v) is 11.8. The predicted molar refractivity (Wildman–Crippen MR) is 120 cm³/mol. The number of hydrogen-bond acceptors (Lipinski definition) is 5. The van der Waals surface area contributed by atoms with Crippen molar-refractivity contribution in [2.75, 3.05) is 31.7 Å². The third-order valence-corrected chi connectivity index (χ3v) is 7.15. The molecule has 34 heavy (non-hydrogen) atoms. The summed E-state index contributed by atoms with van der Waals surface area (Å²) in [4.78, 5) is 15.7. The minimum absolute atomic E-state index is 0.125. The molecule has 7 nitrogen and oxygen atoms in total. The third-order valence-electron chi connectivity index (χ3n) is 7.15. The Labute approximate surface area is 196 Å². The number of carbonyl (C=O) groups excluding carboxylic acids is 1. The van der Waals surface area contributed by atoms with E-state index in [0.29, 0.717) is 49.9 Å². The summed E-state index contributed by atoms with van der Waals surface area (Å²) in [6.45, 7) is 2.99. The fraction of sp³-hybridized carbons (Fsp3) is 0.583. The fourth-order valence-corrected chi connectivity index (χ4v) is 5.45. The molecule has 0 radical (unpaired) electrons. The lowest BCUT2D eigenvalue weighted by Crippen LogP contribution is -2.37. The molecule has 0 atom stereocenters. The van der Waals surface area contributed by atoms with Crippen molar-refractivity contribution in [3.8, 4) is 5.75 Å². The van der Waals surface area contributed by atoms with Gasteiger partial charge in [0.05, 0.1) is 37.5 Å². The summed E-state index contributed by atoms with van der Waals surface area (Å²) in [5.41, 5.74) is 1.75. The molecule has 0 saturated heterocycles. The second kappa shape index (κ2) is 8.70. The van der Waals surface area contributed by atoms with E-state index >= 15 is 0 Å². The van der Waals surface area contributed by atoms with E-state index in [2.05, 4.69) is 4.68 Å². The first-order chi connectivity index (χ1) is 16.3. The molecule has 1 aliphatic carbocycles. The van der Waals surface area contributed by atoms with Crippen molar-refractivity contribution >= 4 is 17.6 Å². The number of alkyl halides is 3. The molecule has 2 aliphatic heterocycles. The lowest BCUT2D eigenvalue weighted by molar-refractivity contribution is -0.138. The normalized spacial score (nSPS) is 18.9. The van der Waals surface area contributed by atoms with E-state index in [-0.39, 0.29) is 11.6 Å². The molecule has 0 unspecified atom stereocenters. The van der Waals surface area contributed by atoms with Crippen molar-refractivity contribution in [2.45, 2.75) is 64.2 Å². The highest BCUT2D eigenvalue weighted by Crippen LogP contribution is 2.45. The zero-order valence-electron chi connectivity index (χ0n) is 19.5. The molecule has 10 heteroatoms. The van der Waals surface area contributed by atoms with Crippen LogP contribution in [0.1, 0.15) is 60.5 Å². The van der Waals surface area contributed by atoms with Crippen molar-refractivity contribution < 1.29 is 27.4 Å². The van der Waals surface area contributed by atoms with E-state index in [1.807, 2.05) is 4.90 Å². The quantitative estimate of drug-likeness (QED) is 0.581. The minimum atomic E-state index is -4.47. The highest BCUT2D eigenvalue weighted by atomic mass is 19.4. The number of halogens is 3. The highest BCUT2D eigenvalue weighted by molar-refractivity contribution is 5.74. The van der Waals surface area contributed by atoms with E-state index in [1.54, 1.807) is 4.90 Å². The molecule has 1 fully saturated rings. The van der Waals surface area contributed by atoms with Crippen LogP contribution in [0.3, 0.4) is 0 Å². The van der Waals surface area contributed by atoms with Crippen LogP contribution in [0.15, 0.2) is 12.1 Å². The van der Waals surface area contributed by atoms with Gasteiger partial charge in [-0.25, -0.2) is 4.79 Å². The van der Waals surface area contributed by atoms with Gasteiger partial charge in [-0.15, -0.1) is 0 Å². The minimum Gasteiger partial charge on any atom is -0.490 e. The molecular formula is C24H29F3N4O3. The molecule has 5 rings (SSSR count). The Hall–Kier alpha value is -2.91. The Balaban J connectivity index is 1.62. The molecule has 3 heterocycles. The Morgan fingerprint density at radius 2 is 1.94 bits per heavy atom.